The summed E-state index contributed by atoms with van der Waals surface area (Å²) in [4.78, 5) is 11.7. The van der Waals surface area contributed by atoms with Gasteiger partial charge in [-0.3, -0.25) is 4.79 Å². The van der Waals surface area contributed by atoms with Crippen LogP contribution >= 0.6 is 0 Å². The minimum Gasteiger partial charge on any atom is -0.362 e. The van der Waals surface area contributed by atoms with Gasteiger partial charge in [-0.1, -0.05) is 13.3 Å². The van der Waals surface area contributed by atoms with Gasteiger partial charge in [-0.15, -0.1) is 0 Å². The molecule has 16 heavy (non-hydrogen) atoms. The molecule has 3 N–H and O–H groups in total. The summed E-state index contributed by atoms with van der Waals surface area (Å²) in [5.74, 6) is -0.0672. The lowest BCUT2D eigenvalue weighted by Crippen LogP contribution is -2.45. The summed E-state index contributed by atoms with van der Waals surface area (Å²) < 4.78 is 5.59. The largest absolute Gasteiger partial charge is 0.362 e. The number of carbonyl (C=O) groups is 1. The van der Waals surface area contributed by atoms with Gasteiger partial charge in [-0.05, 0) is 34.1 Å². The number of nitrogens with two attached hydrogens (primary N) is 1. The van der Waals surface area contributed by atoms with E-state index in [-0.39, 0.29) is 11.9 Å². The van der Waals surface area contributed by atoms with E-state index < -0.39 is 11.7 Å². The maximum Gasteiger partial charge on any atom is 0.249 e. The predicted molar refractivity (Wildman–Crippen MR) is 66.2 cm³/mol. The Morgan fingerprint density at radius 3 is 2.44 bits per heavy atom. The van der Waals surface area contributed by atoms with Crippen LogP contribution in [-0.4, -0.2) is 30.2 Å². The summed E-state index contributed by atoms with van der Waals surface area (Å²) in [6.07, 6.45) is 1.59. The number of hydrogen-bond donors (Lipinski definition) is 2. The quantitative estimate of drug-likeness (QED) is 0.695. The van der Waals surface area contributed by atoms with E-state index in [2.05, 4.69) is 12.2 Å². The minimum atomic E-state index is -0.460. The monoisotopic (exact) mass is 230 g/mol. The molecule has 2 unspecified atom stereocenters. The van der Waals surface area contributed by atoms with Gasteiger partial charge in [0.2, 0.25) is 5.91 Å². The topological polar surface area (TPSA) is 64.3 Å². The van der Waals surface area contributed by atoms with Crippen LogP contribution in [0.1, 0.15) is 47.5 Å². The van der Waals surface area contributed by atoms with Crippen molar-refractivity contribution in [3.8, 4) is 0 Å². The van der Waals surface area contributed by atoms with Gasteiger partial charge in [-0.25, -0.2) is 0 Å². The fourth-order valence-corrected chi connectivity index (χ4v) is 1.45. The molecule has 0 aliphatic rings. The van der Waals surface area contributed by atoms with Crippen LogP contribution in [0.25, 0.3) is 0 Å². The average Bonchev–Trinajstić information content (AvgIpc) is 2.17. The number of hydrogen-bond acceptors (Lipinski definition) is 3. The summed E-state index contributed by atoms with van der Waals surface area (Å²) in [5.41, 5.74) is 5.09. The number of amides is 1. The van der Waals surface area contributed by atoms with Crippen LogP contribution in [0.4, 0.5) is 0 Å². The van der Waals surface area contributed by atoms with Crippen molar-refractivity contribution in [1.82, 2.24) is 5.32 Å². The molecule has 0 bridgehead atoms. The highest BCUT2D eigenvalue weighted by molar-refractivity contribution is 5.80. The van der Waals surface area contributed by atoms with Crippen molar-refractivity contribution in [2.45, 2.75) is 65.2 Å². The third kappa shape index (κ3) is 6.08. The lowest BCUT2D eigenvalue weighted by Gasteiger charge is -2.27. The molecular formula is C12H26N2O2. The molecule has 2 atom stereocenters. The summed E-state index contributed by atoms with van der Waals surface area (Å²) in [7, 11) is 0. The molecule has 0 fully saturated rings. The molecule has 0 radical (unpaired) electrons. The van der Waals surface area contributed by atoms with Gasteiger partial charge in [0, 0.05) is 12.6 Å². The Morgan fingerprint density at radius 2 is 2.00 bits per heavy atom. The minimum absolute atomic E-state index is 0.0672. The van der Waals surface area contributed by atoms with E-state index in [1.807, 2.05) is 20.8 Å². The van der Waals surface area contributed by atoms with Crippen LogP contribution in [0.3, 0.4) is 0 Å². The zero-order chi connectivity index (χ0) is 12.8. The SMILES string of the molecule is CCCC(C)NC(=O)C(C)OC(C)(C)CN. The van der Waals surface area contributed by atoms with Gasteiger partial charge in [0.25, 0.3) is 0 Å². The van der Waals surface area contributed by atoms with E-state index >= 15 is 0 Å². The van der Waals surface area contributed by atoms with Gasteiger partial charge in [0.15, 0.2) is 0 Å². The fourth-order valence-electron chi connectivity index (χ4n) is 1.45. The van der Waals surface area contributed by atoms with Crippen molar-refractivity contribution in [2.75, 3.05) is 6.54 Å². The Morgan fingerprint density at radius 1 is 1.44 bits per heavy atom. The maximum absolute atomic E-state index is 11.7. The molecule has 4 heteroatoms. The molecular weight excluding hydrogens is 204 g/mol. The van der Waals surface area contributed by atoms with Crippen molar-refractivity contribution in [2.24, 2.45) is 5.73 Å². The van der Waals surface area contributed by atoms with E-state index in [4.69, 9.17) is 10.5 Å². The third-order valence-corrected chi connectivity index (χ3v) is 2.47. The highest BCUT2D eigenvalue weighted by Gasteiger charge is 2.24. The predicted octanol–water partition coefficient (Wildman–Crippen LogP) is 1.43. The molecule has 0 saturated heterocycles. The van der Waals surface area contributed by atoms with Crippen LogP contribution < -0.4 is 11.1 Å². The lowest BCUT2D eigenvalue weighted by molar-refractivity contribution is -0.141. The van der Waals surface area contributed by atoms with Crippen LogP contribution in [0.15, 0.2) is 0 Å². The van der Waals surface area contributed by atoms with Crippen molar-refractivity contribution in [3.63, 3.8) is 0 Å². The van der Waals surface area contributed by atoms with Gasteiger partial charge in [0.1, 0.15) is 6.10 Å². The summed E-state index contributed by atoms with van der Waals surface area (Å²) in [6.45, 7) is 10.0. The Kier molecular flexibility index (Phi) is 6.60. The first-order valence-corrected chi connectivity index (χ1v) is 6.00. The molecule has 0 heterocycles. The summed E-state index contributed by atoms with van der Waals surface area (Å²) in [6, 6.07) is 0.199. The Balaban J connectivity index is 4.09. The molecule has 0 aliphatic carbocycles. The molecule has 4 nitrogen and oxygen atoms in total. The highest BCUT2D eigenvalue weighted by Crippen LogP contribution is 2.10. The second-order valence-electron chi connectivity index (χ2n) is 4.92. The van der Waals surface area contributed by atoms with Gasteiger partial charge in [0.05, 0.1) is 5.60 Å². The summed E-state index contributed by atoms with van der Waals surface area (Å²) in [5, 5.41) is 2.92. The third-order valence-electron chi connectivity index (χ3n) is 2.47. The molecule has 0 saturated carbocycles. The molecule has 0 aromatic heterocycles. The van der Waals surface area contributed by atoms with E-state index in [0.717, 1.165) is 12.8 Å². The number of nitrogens with one attached hydrogen (secondary N) is 1. The van der Waals surface area contributed by atoms with Crippen LogP contribution in [0.2, 0.25) is 0 Å². The first-order valence-electron chi connectivity index (χ1n) is 6.00. The number of carbonyl (C=O) groups excluding carboxylic acids is 1. The smallest absolute Gasteiger partial charge is 0.249 e. The van der Waals surface area contributed by atoms with Crippen molar-refractivity contribution in [3.05, 3.63) is 0 Å². The zero-order valence-corrected chi connectivity index (χ0v) is 11.2. The Labute approximate surface area is 98.9 Å². The molecule has 1 amide bonds. The second kappa shape index (κ2) is 6.86. The molecule has 0 aromatic rings. The van der Waals surface area contributed by atoms with Crippen molar-refractivity contribution < 1.29 is 9.53 Å². The van der Waals surface area contributed by atoms with E-state index in [1.54, 1.807) is 6.92 Å². The van der Waals surface area contributed by atoms with E-state index in [9.17, 15) is 4.79 Å². The number of rotatable bonds is 7. The van der Waals surface area contributed by atoms with Gasteiger partial charge < -0.3 is 15.8 Å². The van der Waals surface area contributed by atoms with Crippen LogP contribution in [-0.2, 0) is 9.53 Å². The Hall–Kier alpha value is -0.610. The van der Waals surface area contributed by atoms with Gasteiger partial charge >= 0.3 is 0 Å². The normalized spacial score (nSPS) is 15.6. The van der Waals surface area contributed by atoms with Gasteiger partial charge in [-0.2, -0.15) is 0 Å². The Bertz CT molecular complexity index is 217. The molecule has 0 aliphatic heterocycles. The summed E-state index contributed by atoms with van der Waals surface area (Å²) >= 11 is 0. The van der Waals surface area contributed by atoms with Crippen molar-refractivity contribution >= 4 is 5.91 Å². The fraction of sp³-hybridized carbons (Fsp3) is 0.917. The standard InChI is InChI=1S/C12H26N2O2/c1-6-7-9(2)14-11(15)10(3)16-12(4,5)8-13/h9-10H,6-8,13H2,1-5H3,(H,14,15). The van der Waals surface area contributed by atoms with Crippen LogP contribution in [0.5, 0.6) is 0 Å². The molecule has 0 spiro atoms. The second-order valence-corrected chi connectivity index (χ2v) is 4.92. The first kappa shape index (κ1) is 15.4. The van der Waals surface area contributed by atoms with Crippen LogP contribution in [0, 0.1) is 0 Å². The average molecular weight is 230 g/mol. The van der Waals surface area contributed by atoms with Crippen molar-refractivity contribution in [1.29, 1.82) is 0 Å². The zero-order valence-electron chi connectivity index (χ0n) is 11.2. The number of ether oxygens (including phenoxy) is 1. The highest BCUT2D eigenvalue weighted by atomic mass is 16.5. The molecule has 96 valence electrons. The van der Waals surface area contributed by atoms with E-state index in [1.165, 1.54) is 0 Å². The molecule has 0 rings (SSSR count). The lowest BCUT2D eigenvalue weighted by atomic mass is 10.1. The molecule has 0 aromatic carbocycles. The van der Waals surface area contributed by atoms with E-state index in [0.29, 0.717) is 6.54 Å². The first-order chi connectivity index (χ1) is 7.32. The maximum atomic E-state index is 11.7.